The Morgan fingerprint density at radius 2 is 1.78 bits per heavy atom. The molecule has 1 aromatic heterocycles. The Hall–Kier alpha value is -1.52. The maximum atomic E-state index is 13.5. The third-order valence-electron chi connectivity index (χ3n) is 5.17. The summed E-state index contributed by atoms with van der Waals surface area (Å²) in [5.74, 6) is -0.262. The second-order valence-corrected chi connectivity index (χ2v) is 11.2. The minimum Gasteiger partial charge on any atom is -0.302 e. The van der Waals surface area contributed by atoms with Crippen molar-refractivity contribution >= 4 is 70.8 Å². The van der Waals surface area contributed by atoms with Crippen molar-refractivity contribution in [1.82, 2.24) is 9.88 Å². The van der Waals surface area contributed by atoms with Crippen molar-refractivity contribution in [3.05, 3.63) is 52.5 Å². The Balaban J connectivity index is 0.00000363. The van der Waals surface area contributed by atoms with Crippen LogP contribution < -0.4 is 4.90 Å². The summed E-state index contributed by atoms with van der Waals surface area (Å²) in [4.78, 5) is 22.3. The molecule has 0 N–H and O–H groups in total. The summed E-state index contributed by atoms with van der Waals surface area (Å²) < 4.78 is 26.6. The number of amides is 1. The van der Waals surface area contributed by atoms with Crippen LogP contribution in [-0.4, -0.2) is 56.1 Å². The number of rotatable bonds is 9. The van der Waals surface area contributed by atoms with Crippen molar-refractivity contribution in [1.29, 1.82) is 0 Å². The van der Waals surface area contributed by atoms with Gasteiger partial charge in [0.25, 0.3) is 5.91 Å². The van der Waals surface area contributed by atoms with Gasteiger partial charge >= 0.3 is 0 Å². The molecule has 0 bridgehead atoms. The molecule has 3 aromatic rings. The highest BCUT2D eigenvalue weighted by molar-refractivity contribution is 9.10. The number of anilines is 1. The van der Waals surface area contributed by atoms with Gasteiger partial charge in [0.1, 0.15) is 0 Å². The molecule has 0 aliphatic carbocycles. The maximum Gasteiger partial charge on any atom is 0.260 e. The summed E-state index contributed by atoms with van der Waals surface area (Å²) in [6.07, 6.45) is 0. The van der Waals surface area contributed by atoms with E-state index in [0.717, 1.165) is 27.8 Å². The number of carbonyl (C=O) groups excluding carboxylic acids is 1. The number of halogens is 2. The standard InChI is InChI=1S/C22H26BrN3O3S2.ClH/c1-4-25(5-2)12-13-26(22-24-19-11-10-17(23)15-20(19)30-22)21(27)16-8-7-9-18(14-16)31(28,29)6-3;/h7-11,14-15H,4-6,12-13H2,1-3H3;1H. The fourth-order valence-corrected chi connectivity index (χ4v) is 5.68. The molecule has 1 heterocycles. The topological polar surface area (TPSA) is 70.6 Å². The van der Waals surface area contributed by atoms with Crippen molar-refractivity contribution in [3.8, 4) is 0 Å². The van der Waals surface area contributed by atoms with Crippen molar-refractivity contribution in [2.75, 3.05) is 36.8 Å². The van der Waals surface area contributed by atoms with Crippen molar-refractivity contribution in [3.63, 3.8) is 0 Å². The number of benzene rings is 2. The quantitative estimate of drug-likeness (QED) is 0.357. The van der Waals surface area contributed by atoms with E-state index in [1.807, 2.05) is 18.2 Å². The van der Waals surface area contributed by atoms with Crippen molar-refractivity contribution in [2.24, 2.45) is 0 Å². The van der Waals surface area contributed by atoms with E-state index < -0.39 is 9.84 Å². The normalized spacial score (nSPS) is 11.5. The van der Waals surface area contributed by atoms with Crippen LogP contribution in [-0.2, 0) is 9.84 Å². The lowest BCUT2D eigenvalue weighted by Gasteiger charge is -2.25. The van der Waals surface area contributed by atoms with E-state index in [2.05, 4.69) is 39.7 Å². The molecule has 0 fully saturated rings. The van der Waals surface area contributed by atoms with Crippen LogP contribution >= 0.6 is 39.7 Å². The number of thiazole rings is 1. The van der Waals surface area contributed by atoms with Gasteiger partial charge in [0, 0.05) is 23.1 Å². The number of nitrogens with zero attached hydrogens (tertiary/aromatic N) is 3. The second-order valence-electron chi connectivity index (χ2n) is 7.02. The molecule has 3 rings (SSSR count). The molecule has 0 radical (unpaired) electrons. The summed E-state index contributed by atoms with van der Waals surface area (Å²) >= 11 is 4.93. The van der Waals surface area contributed by atoms with Gasteiger partial charge in [0.2, 0.25) is 0 Å². The summed E-state index contributed by atoms with van der Waals surface area (Å²) in [5, 5.41) is 0.606. The third kappa shape index (κ3) is 6.08. The van der Waals surface area contributed by atoms with E-state index in [1.165, 1.54) is 23.5 Å². The van der Waals surface area contributed by atoms with Gasteiger partial charge in [-0.05, 0) is 49.5 Å². The molecule has 174 valence electrons. The summed E-state index contributed by atoms with van der Waals surface area (Å²) in [7, 11) is -3.40. The fourth-order valence-electron chi connectivity index (χ4n) is 3.21. The first-order chi connectivity index (χ1) is 14.8. The molecule has 6 nitrogen and oxygen atoms in total. The van der Waals surface area contributed by atoms with Crippen LogP contribution in [0.5, 0.6) is 0 Å². The predicted molar refractivity (Wildman–Crippen MR) is 138 cm³/mol. The van der Waals surface area contributed by atoms with E-state index >= 15 is 0 Å². The Kier molecular flexibility index (Phi) is 9.66. The van der Waals surface area contributed by atoms with Crippen LogP contribution in [0.25, 0.3) is 10.2 Å². The Morgan fingerprint density at radius 1 is 1.06 bits per heavy atom. The van der Waals surface area contributed by atoms with Crippen molar-refractivity contribution < 1.29 is 13.2 Å². The number of hydrogen-bond acceptors (Lipinski definition) is 6. The Bertz CT molecular complexity index is 1180. The van der Waals surface area contributed by atoms with Gasteiger partial charge in [-0.3, -0.25) is 9.69 Å². The first-order valence-electron chi connectivity index (χ1n) is 10.2. The Morgan fingerprint density at radius 3 is 2.44 bits per heavy atom. The van der Waals surface area contributed by atoms with Crippen LogP contribution in [0.15, 0.2) is 51.8 Å². The first kappa shape index (κ1) is 26.7. The minimum atomic E-state index is -3.40. The van der Waals surface area contributed by atoms with E-state index in [1.54, 1.807) is 24.0 Å². The van der Waals surface area contributed by atoms with Gasteiger partial charge < -0.3 is 4.90 Å². The van der Waals surface area contributed by atoms with Crippen molar-refractivity contribution in [2.45, 2.75) is 25.7 Å². The van der Waals surface area contributed by atoms with Gasteiger partial charge in [0.05, 0.1) is 20.9 Å². The molecular weight excluding hydrogens is 534 g/mol. The zero-order chi connectivity index (χ0) is 22.6. The summed E-state index contributed by atoms with van der Waals surface area (Å²) in [6.45, 7) is 8.70. The van der Waals surface area contributed by atoms with Gasteiger partial charge in [0.15, 0.2) is 15.0 Å². The van der Waals surface area contributed by atoms with E-state index in [9.17, 15) is 13.2 Å². The largest absolute Gasteiger partial charge is 0.302 e. The second kappa shape index (κ2) is 11.6. The van der Waals surface area contributed by atoms with Crippen LogP contribution in [0.1, 0.15) is 31.1 Å². The lowest BCUT2D eigenvalue weighted by atomic mass is 10.2. The van der Waals surface area contributed by atoms with Gasteiger partial charge in [-0.1, -0.05) is 54.1 Å². The SMILES string of the molecule is CCN(CC)CCN(C(=O)c1cccc(S(=O)(=O)CC)c1)c1nc2ccc(Br)cc2s1.Cl. The number of carbonyl (C=O) groups is 1. The third-order valence-corrected chi connectivity index (χ3v) is 8.44. The average Bonchev–Trinajstić information content (AvgIpc) is 3.19. The van der Waals surface area contributed by atoms with Crippen LogP contribution in [0, 0.1) is 0 Å². The van der Waals surface area contributed by atoms with Crippen LogP contribution in [0.2, 0.25) is 0 Å². The molecule has 2 aromatic carbocycles. The lowest BCUT2D eigenvalue weighted by molar-refractivity contribution is 0.0983. The molecule has 10 heteroatoms. The fraction of sp³-hybridized carbons (Fsp3) is 0.364. The Labute approximate surface area is 208 Å². The first-order valence-corrected chi connectivity index (χ1v) is 13.5. The molecule has 0 saturated carbocycles. The smallest absolute Gasteiger partial charge is 0.260 e. The number of likely N-dealkylation sites (N-methyl/N-ethyl adjacent to an activating group) is 1. The highest BCUT2D eigenvalue weighted by atomic mass is 79.9. The summed E-state index contributed by atoms with van der Waals surface area (Å²) in [6, 6.07) is 12.1. The highest BCUT2D eigenvalue weighted by Crippen LogP contribution is 2.32. The molecule has 0 spiro atoms. The van der Waals surface area contributed by atoms with Gasteiger partial charge in [-0.2, -0.15) is 0 Å². The minimum absolute atomic E-state index is 0. The molecule has 32 heavy (non-hydrogen) atoms. The molecule has 0 aliphatic heterocycles. The maximum absolute atomic E-state index is 13.5. The van der Waals surface area contributed by atoms with E-state index in [-0.39, 0.29) is 29.0 Å². The van der Waals surface area contributed by atoms with E-state index in [4.69, 9.17) is 0 Å². The van der Waals surface area contributed by atoms with Gasteiger partial charge in [-0.25, -0.2) is 13.4 Å². The number of aromatic nitrogens is 1. The highest BCUT2D eigenvalue weighted by Gasteiger charge is 2.23. The monoisotopic (exact) mass is 559 g/mol. The number of fused-ring (bicyclic) bond motifs is 1. The van der Waals surface area contributed by atoms with E-state index in [0.29, 0.717) is 23.8 Å². The number of sulfone groups is 1. The summed E-state index contributed by atoms with van der Waals surface area (Å²) in [5.41, 5.74) is 1.17. The number of hydrogen-bond donors (Lipinski definition) is 0. The van der Waals surface area contributed by atoms with Crippen LogP contribution in [0.3, 0.4) is 0 Å². The molecule has 0 atom stereocenters. The molecule has 0 saturated heterocycles. The average molecular weight is 561 g/mol. The molecular formula is C22H27BrClN3O3S2. The lowest BCUT2D eigenvalue weighted by Crippen LogP contribution is -2.39. The predicted octanol–water partition coefficient (Wildman–Crippen LogP) is 5.26. The molecule has 0 aliphatic rings. The molecule has 1 amide bonds. The zero-order valence-corrected chi connectivity index (χ0v) is 22.3. The van der Waals surface area contributed by atoms with Crippen LogP contribution in [0.4, 0.5) is 5.13 Å². The van der Waals surface area contributed by atoms with Gasteiger partial charge in [-0.15, -0.1) is 12.4 Å². The zero-order valence-electron chi connectivity index (χ0n) is 18.2. The molecule has 0 unspecified atom stereocenters.